The summed E-state index contributed by atoms with van der Waals surface area (Å²) in [6, 6.07) is 15.3. The van der Waals surface area contributed by atoms with E-state index in [9.17, 15) is 4.79 Å². The fraction of sp³-hybridized carbons (Fsp3) is 0.250. The van der Waals surface area contributed by atoms with Crippen LogP contribution in [-0.2, 0) is 6.61 Å². The van der Waals surface area contributed by atoms with Gasteiger partial charge in [0, 0.05) is 20.4 Å². The maximum Gasteiger partial charge on any atom is 0.282 e. The number of rotatable bonds is 8. The molecule has 192 valence electrons. The number of ether oxygens (including phenoxy) is 2. The SMILES string of the molecule is CCOc1cc(C=Nn2c(C(C)C)nc3ccc(Br)cc3c2=O)c(Br)c(Cl)c1OCc1cccc(C)c1. The maximum atomic E-state index is 13.4. The lowest BCUT2D eigenvalue weighted by molar-refractivity contribution is 0.269. The molecule has 1 heterocycles. The highest BCUT2D eigenvalue weighted by Crippen LogP contribution is 2.42. The Hall–Kier alpha value is -2.68. The number of benzene rings is 3. The van der Waals surface area contributed by atoms with Gasteiger partial charge in [0.15, 0.2) is 11.5 Å². The first kappa shape index (κ1) is 27.4. The van der Waals surface area contributed by atoms with Gasteiger partial charge in [0.1, 0.15) is 17.5 Å². The number of halogens is 3. The fourth-order valence-electron chi connectivity index (χ4n) is 3.82. The van der Waals surface area contributed by atoms with Crippen LogP contribution in [0.2, 0.25) is 5.02 Å². The Kier molecular flexibility index (Phi) is 8.72. The van der Waals surface area contributed by atoms with E-state index in [4.69, 9.17) is 26.1 Å². The largest absolute Gasteiger partial charge is 0.490 e. The molecule has 0 amide bonds. The minimum absolute atomic E-state index is 0.0266. The van der Waals surface area contributed by atoms with Gasteiger partial charge >= 0.3 is 0 Å². The molecule has 3 aromatic carbocycles. The van der Waals surface area contributed by atoms with Crippen molar-refractivity contribution in [3.8, 4) is 11.5 Å². The zero-order chi connectivity index (χ0) is 26.7. The van der Waals surface area contributed by atoms with E-state index < -0.39 is 0 Å². The molecule has 0 aliphatic carbocycles. The second-order valence-corrected chi connectivity index (χ2v) is 10.9. The van der Waals surface area contributed by atoms with Gasteiger partial charge in [0.2, 0.25) is 0 Å². The Bertz CT molecular complexity index is 1550. The number of aryl methyl sites for hydroxylation is 1. The van der Waals surface area contributed by atoms with E-state index in [0.717, 1.165) is 15.6 Å². The highest BCUT2D eigenvalue weighted by atomic mass is 79.9. The van der Waals surface area contributed by atoms with Crippen molar-refractivity contribution in [2.24, 2.45) is 5.10 Å². The highest BCUT2D eigenvalue weighted by Gasteiger charge is 2.19. The predicted octanol–water partition coefficient (Wildman–Crippen LogP) is 7.87. The molecular formula is C28H26Br2ClN3O3. The molecule has 37 heavy (non-hydrogen) atoms. The van der Waals surface area contributed by atoms with E-state index in [2.05, 4.69) is 43.0 Å². The van der Waals surface area contributed by atoms with Gasteiger partial charge in [-0.3, -0.25) is 4.79 Å². The van der Waals surface area contributed by atoms with Gasteiger partial charge in [0.25, 0.3) is 5.56 Å². The molecule has 0 bridgehead atoms. The molecule has 0 saturated carbocycles. The molecule has 4 rings (SSSR count). The molecule has 0 unspecified atom stereocenters. The minimum Gasteiger partial charge on any atom is -0.490 e. The third-order valence-corrected chi connectivity index (χ3v) is 7.52. The topological polar surface area (TPSA) is 65.7 Å². The van der Waals surface area contributed by atoms with E-state index in [1.165, 1.54) is 4.68 Å². The van der Waals surface area contributed by atoms with Crippen LogP contribution in [0.15, 0.2) is 67.4 Å². The van der Waals surface area contributed by atoms with Crippen molar-refractivity contribution in [2.75, 3.05) is 6.61 Å². The molecule has 6 nitrogen and oxygen atoms in total. The zero-order valence-corrected chi connectivity index (χ0v) is 24.8. The first-order valence-corrected chi connectivity index (χ1v) is 13.8. The monoisotopic (exact) mass is 645 g/mol. The van der Waals surface area contributed by atoms with Crippen LogP contribution in [0.3, 0.4) is 0 Å². The van der Waals surface area contributed by atoms with E-state index in [1.54, 1.807) is 18.3 Å². The molecular weight excluding hydrogens is 622 g/mol. The van der Waals surface area contributed by atoms with Gasteiger partial charge in [-0.2, -0.15) is 9.78 Å². The summed E-state index contributed by atoms with van der Waals surface area (Å²) in [7, 11) is 0. The first-order valence-electron chi connectivity index (χ1n) is 11.8. The van der Waals surface area contributed by atoms with E-state index in [0.29, 0.717) is 56.5 Å². The third-order valence-electron chi connectivity index (χ3n) is 5.58. The Balaban J connectivity index is 1.75. The van der Waals surface area contributed by atoms with Crippen molar-refractivity contribution in [3.05, 3.63) is 95.4 Å². The normalized spacial score (nSPS) is 11.6. The van der Waals surface area contributed by atoms with Crippen LogP contribution in [0.1, 0.15) is 49.2 Å². The fourth-order valence-corrected chi connectivity index (χ4v) is 4.84. The summed E-state index contributed by atoms with van der Waals surface area (Å²) >= 11 is 13.7. The van der Waals surface area contributed by atoms with Crippen LogP contribution < -0.4 is 15.0 Å². The minimum atomic E-state index is -0.253. The van der Waals surface area contributed by atoms with Gasteiger partial charge in [-0.15, -0.1) is 0 Å². The van der Waals surface area contributed by atoms with Gasteiger partial charge in [-0.25, -0.2) is 4.98 Å². The van der Waals surface area contributed by atoms with Crippen molar-refractivity contribution in [1.29, 1.82) is 0 Å². The van der Waals surface area contributed by atoms with E-state index in [1.807, 2.05) is 58.0 Å². The second-order valence-electron chi connectivity index (χ2n) is 8.78. The van der Waals surface area contributed by atoms with E-state index in [-0.39, 0.29) is 11.5 Å². The molecule has 0 saturated heterocycles. The lowest BCUT2D eigenvalue weighted by atomic mass is 10.1. The summed E-state index contributed by atoms with van der Waals surface area (Å²) in [5.74, 6) is 1.45. The van der Waals surface area contributed by atoms with Crippen LogP contribution >= 0.6 is 43.5 Å². The Morgan fingerprint density at radius 2 is 1.92 bits per heavy atom. The van der Waals surface area contributed by atoms with Gasteiger partial charge in [-0.1, -0.05) is 71.2 Å². The van der Waals surface area contributed by atoms with Crippen molar-refractivity contribution in [1.82, 2.24) is 9.66 Å². The molecule has 0 fully saturated rings. The lowest BCUT2D eigenvalue weighted by Gasteiger charge is -2.16. The van der Waals surface area contributed by atoms with E-state index >= 15 is 0 Å². The maximum absolute atomic E-state index is 13.4. The summed E-state index contributed by atoms with van der Waals surface area (Å²) < 4.78 is 14.7. The number of hydrogen-bond acceptors (Lipinski definition) is 5. The molecule has 0 atom stereocenters. The Morgan fingerprint density at radius 1 is 1.14 bits per heavy atom. The predicted molar refractivity (Wildman–Crippen MR) is 157 cm³/mol. The van der Waals surface area contributed by atoms with Crippen molar-refractivity contribution in [2.45, 2.75) is 40.2 Å². The summed E-state index contributed by atoms with van der Waals surface area (Å²) in [4.78, 5) is 18.0. The summed E-state index contributed by atoms with van der Waals surface area (Å²) in [5.41, 5.74) is 3.18. The molecule has 0 aliphatic rings. The zero-order valence-electron chi connectivity index (χ0n) is 20.9. The van der Waals surface area contributed by atoms with Gasteiger partial charge in [0.05, 0.1) is 23.7 Å². The van der Waals surface area contributed by atoms with Gasteiger partial charge < -0.3 is 9.47 Å². The molecule has 0 spiro atoms. The molecule has 0 aliphatic heterocycles. The Labute approximate surface area is 237 Å². The van der Waals surface area contributed by atoms with Crippen molar-refractivity contribution >= 4 is 60.6 Å². The van der Waals surface area contributed by atoms with Crippen LogP contribution in [-0.4, -0.2) is 22.5 Å². The van der Waals surface area contributed by atoms with Gasteiger partial charge in [-0.05, 0) is 59.6 Å². The van der Waals surface area contributed by atoms with Crippen LogP contribution in [0.4, 0.5) is 0 Å². The quantitative estimate of drug-likeness (QED) is 0.183. The summed E-state index contributed by atoms with van der Waals surface area (Å²) in [6.07, 6.45) is 1.57. The Morgan fingerprint density at radius 3 is 2.62 bits per heavy atom. The summed E-state index contributed by atoms with van der Waals surface area (Å²) in [5, 5.41) is 5.36. The van der Waals surface area contributed by atoms with Crippen LogP contribution in [0.25, 0.3) is 10.9 Å². The number of nitrogens with zero attached hydrogens (tertiary/aromatic N) is 3. The molecule has 0 radical (unpaired) electrons. The molecule has 1 aromatic heterocycles. The summed E-state index contributed by atoms with van der Waals surface area (Å²) in [6.45, 7) is 8.63. The third kappa shape index (κ3) is 6.08. The molecule has 0 N–H and O–H groups in total. The average molecular weight is 648 g/mol. The van der Waals surface area contributed by atoms with Crippen molar-refractivity contribution < 1.29 is 9.47 Å². The molecule has 9 heteroatoms. The smallest absolute Gasteiger partial charge is 0.282 e. The number of hydrogen-bond donors (Lipinski definition) is 0. The average Bonchev–Trinajstić information content (AvgIpc) is 2.86. The standard InChI is InChI=1S/C28H26Br2ClN3O3/c1-5-36-23-12-19(24(30)25(31)26(23)37-15-18-8-6-7-17(4)11-18)14-32-34-27(16(2)3)33-22-10-9-20(29)13-21(22)28(34)35/h6-14,16H,5,15H2,1-4H3. The highest BCUT2D eigenvalue weighted by molar-refractivity contribution is 9.10. The molecule has 4 aromatic rings. The number of fused-ring (bicyclic) bond motifs is 1. The first-order chi connectivity index (χ1) is 17.7. The van der Waals surface area contributed by atoms with Crippen LogP contribution in [0, 0.1) is 6.92 Å². The van der Waals surface area contributed by atoms with Crippen LogP contribution in [0.5, 0.6) is 11.5 Å². The second kappa shape index (κ2) is 11.8. The number of aromatic nitrogens is 2. The van der Waals surface area contributed by atoms with Crippen molar-refractivity contribution in [3.63, 3.8) is 0 Å². The lowest BCUT2D eigenvalue weighted by Crippen LogP contribution is -2.23.